The maximum absolute atomic E-state index is 13.1. The van der Waals surface area contributed by atoms with Gasteiger partial charge in [-0.1, -0.05) is 39.3 Å². The lowest BCUT2D eigenvalue weighted by Crippen LogP contribution is -2.47. The summed E-state index contributed by atoms with van der Waals surface area (Å²) in [6.07, 6.45) is 2.78. The quantitative estimate of drug-likeness (QED) is 0.194. The first kappa shape index (κ1) is 39.7. The Hall–Kier alpha value is -4.69. The van der Waals surface area contributed by atoms with Crippen molar-refractivity contribution in [3.05, 3.63) is 29.8 Å². The van der Waals surface area contributed by atoms with Gasteiger partial charge >= 0.3 is 12.2 Å². The van der Waals surface area contributed by atoms with E-state index in [4.69, 9.17) is 9.47 Å². The van der Waals surface area contributed by atoms with Gasteiger partial charge < -0.3 is 34.8 Å². The minimum atomic E-state index is -0.661. The van der Waals surface area contributed by atoms with Gasteiger partial charge in [0.15, 0.2) is 0 Å². The Morgan fingerprint density at radius 2 is 1.50 bits per heavy atom. The molecule has 1 atom stereocenters. The summed E-state index contributed by atoms with van der Waals surface area (Å²) in [5.41, 5.74) is 1.08. The summed E-state index contributed by atoms with van der Waals surface area (Å²) in [7, 11) is 3.18. The number of anilines is 1. The smallest absolute Gasteiger partial charge is 0.409 e. The molecule has 3 rings (SSSR count). The minimum absolute atomic E-state index is 0.0120. The Morgan fingerprint density at radius 3 is 2.12 bits per heavy atom. The number of likely N-dealkylation sites (N-methyl/N-ethyl adjacent to an activating group) is 2. The van der Waals surface area contributed by atoms with E-state index in [1.807, 2.05) is 20.8 Å². The van der Waals surface area contributed by atoms with Crippen LogP contribution in [0.25, 0.3) is 0 Å². The first-order valence-corrected chi connectivity index (χ1v) is 17.2. The molecule has 0 bridgehead atoms. The highest BCUT2D eigenvalue weighted by atomic mass is 16.6. The molecular weight excluding hydrogens is 648 g/mol. The van der Waals surface area contributed by atoms with Crippen LogP contribution in [0.4, 0.5) is 15.3 Å². The molecule has 0 aromatic heterocycles. The molecule has 276 valence electrons. The number of nitrogens with zero attached hydrogens (tertiary/aromatic N) is 4. The van der Waals surface area contributed by atoms with Crippen molar-refractivity contribution in [2.75, 3.05) is 58.7 Å². The van der Waals surface area contributed by atoms with Crippen molar-refractivity contribution in [3.63, 3.8) is 0 Å². The highest BCUT2D eigenvalue weighted by Crippen LogP contribution is 2.20. The van der Waals surface area contributed by atoms with Crippen molar-refractivity contribution in [2.45, 2.75) is 84.8 Å². The third kappa shape index (κ3) is 13.0. The molecule has 2 fully saturated rings. The lowest BCUT2D eigenvalue weighted by molar-refractivity contribution is -0.138. The zero-order chi connectivity index (χ0) is 36.8. The number of hydrogen-bond donors (Lipinski definition) is 2. The molecule has 15 heteroatoms. The van der Waals surface area contributed by atoms with Crippen LogP contribution in [0.2, 0.25) is 0 Å². The van der Waals surface area contributed by atoms with Gasteiger partial charge in [-0.3, -0.25) is 28.9 Å². The first-order valence-electron chi connectivity index (χ1n) is 17.2. The summed E-state index contributed by atoms with van der Waals surface area (Å²) in [5, 5.41) is 5.47. The van der Waals surface area contributed by atoms with E-state index in [1.165, 1.54) is 19.6 Å². The van der Waals surface area contributed by atoms with E-state index in [0.717, 1.165) is 0 Å². The molecule has 2 aliphatic rings. The number of unbranched alkanes of at least 4 members (excludes halogenated alkanes) is 2. The molecule has 2 aliphatic heterocycles. The fourth-order valence-corrected chi connectivity index (χ4v) is 5.34. The van der Waals surface area contributed by atoms with E-state index in [0.29, 0.717) is 56.4 Å². The minimum Gasteiger partial charge on any atom is -0.449 e. The second-order valence-electron chi connectivity index (χ2n) is 14.0. The van der Waals surface area contributed by atoms with Crippen LogP contribution in [-0.4, -0.2) is 121 Å². The SMILES string of the molecule is CN(CCN(C)C(=O)OCC(C)(C)C)C(=O)OCc1ccc(NC(=O)[C@@H]2CCCN2C(=O)CNC(=O)CCCCCN2C(=O)CCC2=O)cc1. The summed E-state index contributed by atoms with van der Waals surface area (Å²) < 4.78 is 10.7. The molecule has 0 saturated carbocycles. The molecule has 0 radical (unpaired) electrons. The normalized spacial score (nSPS) is 15.9. The number of rotatable bonds is 16. The van der Waals surface area contributed by atoms with E-state index in [9.17, 15) is 33.6 Å². The Labute approximate surface area is 293 Å². The van der Waals surface area contributed by atoms with Crippen LogP contribution in [0, 0.1) is 5.41 Å². The van der Waals surface area contributed by atoms with Crippen molar-refractivity contribution in [1.82, 2.24) is 24.9 Å². The molecule has 2 heterocycles. The summed E-state index contributed by atoms with van der Waals surface area (Å²) in [6, 6.07) is 6.16. The molecule has 50 heavy (non-hydrogen) atoms. The number of amides is 7. The van der Waals surface area contributed by atoms with E-state index < -0.39 is 18.2 Å². The molecule has 15 nitrogen and oxygen atoms in total. The summed E-state index contributed by atoms with van der Waals surface area (Å²) in [5.74, 6) is -1.23. The van der Waals surface area contributed by atoms with E-state index in [2.05, 4.69) is 10.6 Å². The Kier molecular flexibility index (Phi) is 15.0. The molecular formula is C35H52N6O9. The average Bonchev–Trinajstić information content (AvgIpc) is 3.70. The zero-order valence-electron chi connectivity index (χ0n) is 30.0. The number of benzene rings is 1. The van der Waals surface area contributed by atoms with Crippen molar-refractivity contribution in [2.24, 2.45) is 5.41 Å². The molecule has 2 N–H and O–H groups in total. The van der Waals surface area contributed by atoms with Gasteiger partial charge in [0.05, 0.1) is 13.2 Å². The Morgan fingerprint density at radius 1 is 0.880 bits per heavy atom. The summed E-state index contributed by atoms with van der Waals surface area (Å²) >= 11 is 0. The number of carbonyl (C=O) groups is 7. The predicted molar refractivity (Wildman–Crippen MR) is 183 cm³/mol. The second-order valence-corrected chi connectivity index (χ2v) is 14.0. The Balaban J connectivity index is 1.33. The van der Waals surface area contributed by atoms with Crippen LogP contribution < -0.4 is 10.6 Å². The van der Waals surface area contributed by atoms with Gasteiger partial charge in [0.2, 0.25) is 29.5 Å². The van der Waals surface area contributed by atoms with E-state index >= 15 is 0 Å². The molecule has 1 aromatic carbocycles. The van der Waals surface area contributed by atoms with Gasteiger partial charge in [0, 0.05) is 65.2 Å². The third-order valence-electron chi connectivity index (χ3n) is 8.36. The van der Waals surface area contributed by atoms with E-state index in [1.54, 1.807) is 38.4 Å². The maximum atomic E-state index is 13.1. The third-order valence-corrected chi connectivity index (χ3v) is 8.36. The van der Waals surface area contributed by atoms with Gasteiger partial charge in [-0.05, 0) is 48.8 Å². The number of carbonyl (C=O) groups excluding carboxylic acids is 7. The van der Waals surface area contributed by atoms with Crippen LogP contribution >= 0.6 is 0 Å². The van der Waals surface area contributed by atoms with Crippen molar-refractivity contribution >= 4 is 47.4 Å². The molecule has 0 aliphatic carbocycles. The number of ether oxygens (including phenoxy) is 2. The van der Waals surface area contributed by atoms with Crippen LogP contribution in [-0.2, 0) is 40.1 Å². The standard InChI is InChI=1S/C35H52N6O9/c1-35(2,3)24-50-34(48)39(5)21-20-38(4)33(47)49-23-25-12-14-26(15-13-25)37-32(46)27-10-9-19-40(27)31(45)22-36-28(42)11-7-6-8-18-41-29(43)16-17-30(41)44/h12-15,27H,6-11,16-24H2,1-5H3,(H,36,42)(H,37,46)/t27-/m0/s1. The highest BCUT2D eigenvalue weighted by Gasteiger charge is 2.34. The number of hydrogen-bond acceptors (Lipinski definition) is 9. The average molecular weight is 701 g/mol. The van der Waals surface area contributed by atoms with Crippen molar-refractivity contribution < 1.29 is 43.0 Å². The first-order chi connectivity index (χ1) is 23.6. The maximum Gasteiger partial charge on any atom is 0.409 e. The van der Waals surface area contributed by atoms with Gasteiger partial charge in [0.1, 0.15) is 12.6 Å². The Bertz CT molecular complexity index is 1360. The van der Waals surface area contributed by atoms with Gasteiger partial charge in [0.25, 0.3) is 0 Å². The van der Waals surface area contributed by atoms with Gasteiger partial charge in [-0.15, -0.1) is 0 Å². The van der Waals surface area contributed by atoms with Gasteiger partial charge in [-0.25, -0.2) is 9.59 Å². The lowest BCUT2D eigenvalue weighted by Gasteiger charge is -2.24. The van der Waals surface area contributed by atoms with Crippen molar-refractivity contribution in [1.29, 1.82) is 0 Å². The largest absolute Gasteiger partial charge is 0.449 e. The second kappa shape index (κ2) is 18.9. The number of nitrogens with one attached hydrogen (secondary N) is 2. The highest BCUT2D eigenvalue weighted by molar-refractivity contribution is 6.02. The van der Waals surface area contributed by atoms with Crippen LogP contribution in [0.5, 0.6) is 0 Å². The number of likely N-dealkylation sites (tertiary alicyclic amines) is 2. The summed E-state index contributed by atoms with van der Waals surface area (Å²) in [4.78, 5) is 91.7. The predicted octanol–water partition coefficient (Wildman–Crippen LogP) is 3.12. The van der Waals surface area contributed by atoms with Crippen LogP contribution in [0.15, 0.2) is 24.3 Å². The van der Waals surface area contributed by atoms with Crippen LogP contribution in [0.1, 0.15) is 77.7 Å². The fraction of sp³-hybridized carbons (Fsp3) is 0.629. The fourth-order valence-electron chi connectivity index (χ4n) is 5.34. The molecule has 2 saturated heterocycles. The topological polar surface area (TPSA) is 175 Å². The monoisotopic (exact) mass is 700 g/mol. The summed E-state index contributed by atoms with van der Waals surface area (Å²) in [6.45, 7) is 7.31. The zero-order valence-corrected chi connectivity index (χ0v) is 30.0. The van der Waals surface area contributed by atoms with Gasteiger partial charge in [-0.2, -0.15) is 0 Å². The molecule has 1 aromatic rings. The molecule has 0 unspecified atom stereocenters. The lowest BCUT2D eigenvalue weighted by atomic mass is 9.99. The molecule has 7 amide bonds. The van der Waals surface area contributed by atoms with Crippen LogP contribution in [0.3, 0.4) is 0 Å². The van der Waals surface area contributed by atoms with E-state index in [-0.39, 0.29) is 87.1 Å². The molecule has 0 spiro atoms. The number of imide groups is 1. The van der Waals surface area contributed by atoms with Crippen molar-refractivity contribution in [3.8, 4) is 0 Å².